The third-order valence-corrected chi connectivity index (χ3v) is 3.38. The highest BCUT2D eigenvalue weighted by molar-refractivity contribution is 7.99. The molecule has 6 nitrogen and oxygen atoms in total. The van der Waals surface area contributed by atoms with E-state index in [-0.39, 0.29) is 12.0 Å². The lowest BCUT2D eigenvalue weighted by molar-refractivity contribution is -0.136. The molecule has 20 heavy (non-hydrogen) atoms. The first-order valence-corrected chi connectivity index (χ1v) is 6.98. The van der Waals surface area contributed by atoms with Crippen LogP contribution in [0.5, 0.6) is 0 Å². The summed E-state index contributed by atoms with van der Waals surface area (Å²) >= 11 is 1.17. The minimum absolute atomic E-state index is 0.0140. The summed E-state index contributed by atoms with van der Waals surface area (Å²) in [5, 5.41) is 16.7. The molecule has 0 radical (unpaired) electrons. The third-order valence-electron chi connectivity index (χ3n) is 2.51. The van der Waals surface area contributed by atoms with Crippen molar-refractivity contribution in [3.8, 4) is 0 Å². The largest absolute Gasteiger partial charge is 0.481 e. The van der Waals surface area contributed by atoms with Crippen molar-refractivity contribution in [2.24, 2.45) is 0 Å². The lowest BCUT2D eigenvalue weighted by Crippen LogP contribution is -2.18. The molecule has 0 aliphatic carbocycles. The van der Waals surface area contributed by atoms with Crippen molar-refractivity contribution >= 4 is 17.7 Å². The van der Waals surface area contributed by atoms with Gasteiger partial charge in [-0.1, -0.05) is 42.1 Å². The Balaban J connectivity index is 2.03. The number of carboxylic acids is 1. The summed E-state index contributed by atoms with van der Waals surface area (Å²) in [7, 11) is 0. The molecule has 1 aromatic heterocycles. The molecule has 0 amide bonds. The molecule has 0 atom stereocenters. The maximum absolute atomic E-state index is 11.9. The highest BCUT2D eigenvalue weighted by Crippen LogP contribution is 2.11. The van der Waals surface area contributed by atoms with Gasteiger partial charge in [-0.15, -0.1) is 10.2 Å². The number of benzene rings is 1. The Morgan fingerprint density at radius 1 is 1.25 bits per heavy atom. The first kappa shape index (κ1) is 14.3. The summed E-state index contributed by atoms with van der Waals surface area (Å²) in [6, 6.07) is 9.52. The van der Waals surface area contributed by atoms with E-state index in [1.807, 2.05) is 30.3 Å². The Morgan fingerprint density at radius 2 is 2.00 bits per heavy atom. The minimum Gasteiger partial charge on any atom is -0.481 e. The zero-order chi connectivity index (χ0) is 14.4. The van der Waals surface area contributed by atoms with Crippen LogP contribution in [0.1, 0.15) is 17.7 Å². The van der Waals surface area contributed by atoms with Crippen molar-refractivity contribution < 1.29 is 9.90 Å². The molecule has 0 spiro atoms. The molecule has 2 aromatic rings. The first-order chi connectivity index (χ1) is 9.65. The van der Waals surface area contributed by atoms with E-state index < -0.39 is 5.97 Å². The number of H-pyrrole nitrogens is 1. The fraction of sp³-hybridized carbons (Fsp3) is 0.231. The van der Waals surface area contributed by atoms with Gasteiger partial charge in [0, 0.05) is 12.2 Å². The Bertz CT molecular complexity index is 643. The highest BCUT2D eigenvalue weighted by atomic mass is 32.2. The van der Waals surface area contributed by atoms with Crippen LogP contribution in [0.2, 0.25) is 0 Å². The van der Waals surface area contributed by atoms with Gasteiger partial charge in [0.15, 0.2) is 5.16 Å². The SMILES string of the molecule is O=C(O)CCSc1nnc(Cc2ccccc2)c(=O)[nH]1. The van der Waals surface area contributed by atoms with Crippen LogP contribution in [0.3, 0.4) is 0 Å². The molecule has 0 aliphatic rings. The number of aromatic amines is 1. The zero-order valence-corrected chi connectivity index (χ0v) is 11.4. The van der Waals surface area contributed by atoms with Gasteiger partial charge in [-0.05, 0) is 5.56 Å². The number of hydrogen-bond acceptors (Lipinski definition) is 5. The van der Waals surface area contributed by atoms with E-state index in [1.54, 1.807) is 0 Å². The van der Waals surface area contributed by atoms with Gasteiger partial charge in [0.2, 0.25) is 0 Å². The molecule has 1 aromatic carbocycles. The average Bonchev–Trinajstić information content (AvgIpc) is 2.42. The molecule has 0 fully saturated rings. The fourth-order valence-corrected chi connectivity index (χ4v) is 2.28. The van der Waals surface area contributed by atoms with Crippen molar-refractivity contribution in [1.82, 2.24) is 15.2 Å². The summed E-state index contributed by atoms with van der Waals surface area (Å²) in [6.45, 7) is 0. The first-order valence-electron chi connectivity index (χ1n) is 5.99. The predicted octanol–water partition coefficient (Wildman–Crippen LogP) is 1.32. The van der Waals surface area contributed by atoms with Gasteiger partial charge in [-0.25, -0.2) is 0 Å². The lowest BCUT2D eigenvalue weighted by atomic mass is 10.1. The summed E-state index contributed by atoms with van der Waals surface area (Å²) in [5.74, 6) is -0.536. The van der Waals surface area contributed by atoms with Crippen LogP contribution in [0.25, 0.3) is 0 Å². The molecule has 2 N–H and O–H groups in total. The maximum Gasteiger partial charge on any atom is 0.304 e. The Kier molecular flexibility index (Phi) is 4.89. The summed E-state index contributed by atoms with van der Waals surface area (Å²) < 4.78 is 0. The number of carboxylic acid groups (broad SMARTS) is 1. The Labute approximate surface area is 119 Å². The Hall–Kier alpha value is -2.15. The number of rotatable bonds is 6. The van der Waals surface area contributed by atoms with Gasteiger partial charge in [-0.3, -0.25) is 14.6 Å². The molecule has 7 heteroatoms. The number of hydrogen-bond donors (Lipinski definition) is 2. The third kappa shape index (κ3) is 4.20. The number of nitrogens with zero attached hydrogens (tertiary/aromatic N) is 2. The molecule has 0 saturated carbocycles. The van der Waals surface area contributed by atoms with Gasteiger partial charge in [0.05, 0.1) is 6.42 Å². The van der Waals surface area contributed by atoms with Crippen molar-refractivity contribution in [3.63, 3.8) is 0 Å². The minimum atomic E-state index is -0.881. The standard InChI is InChI=1S/C13H13N3O3S/c17-11(18)6-7-20-13-14-12(19)10(15-16-13)8-9-4-2-1-3-5-9/h1-5H,6-8H2,(H,17,18)(H,14,16,19). The Morgan fingerprint density at radius 3 is 2.65 bits per heavy atom. The lowest BCUT2D eigenvalue weighted by Gasteiger charge is -2.01. The number of thioether (sulfide) groups is 1. The predicted molar refractivity (Wildman–Crippen MR) is 74.9 cm³/mol. The van der Waals surface area contributed by atoms with Gasteiger partial charge in [-0.2, -0.15) is 0 Å². The van der Waals surface area contributed by atoms with Crippen LogP contribution in [-0.4, -0.2) is 32.0 Å². The van der Waals surface area contributed by atoms with E-state index in [2.05, 4.69) is 15.2 Å². The van der Waals surface area contributed by atoms with Crippen molar-refractivity contribution in [2.45, 2.75) is 18.0 Å². The number of carbonyl (C=O) groups is 1. The summed E-state index contributed by atoms with van der Waals surface area (Å²) in [4.78, 5) is 24.9. The van der Waals surface area contributed by atoms with E-state index in [4.69, 9.17) is 5.11 Å². The van der Waals surface area contributed by atoms with Crippen LogP contribution in [0, 0.1) is 0 Å². The molecule has 0 unspecified atom stereocenters. The van der Waals surface area contributed by atoms with E-state index in [1.165, 1.54) is 11.8 Å². The van der Waals surface area contributed by atoms with Crippen LogP contribution in [-0.2, 0) is 11.2 Å². The number of nitrogens with one attached hydrogen (secondary N) is 1. The second kappa shape index (κ2) is 6.85. The topological polar surface area (TPSA) is 95.9 Å². The molecule has 0 bridgehead atoms. The smallest absolute Gasteiger partial charge is 0.304 e. The van der Waals surface area contributed by atoms with Gasteiger partial charge < -0.3 is 5.11 Å². The van der Waals surface area contributed by atoms with Crippen LogP contribution >= 0.6 is 11.8 Å². The summed E-state index contributed by atoms with van der Waals surface area (Å²) in [5.41, 5.74) is 1.04. The van der Waals surface area contributed by atoms with Crippen molar-refractivity contribution in [3.05, 3.63) is 51.9 Å². The van der Waals surface area contributed by atoms with Crippen LogP contribution < -0.4 is 5.56 Å². The van der Waals surface area contributed by atoms with E-state index in [0.29, 0.717) is 23.0 Å². The van der Waals surface area contributed by atoms with E-state index >= 15 is 0 Å². The molecule has 1 heterocycles. The maximum atomic E-state index is 11.9. The van der Waals surface area contributed by atoms with Gasteiger partial charge in [0.1, 0.15) is 5.69 Å². The molecule has 0 saturated heterocycles. The molecular formula is C13H13N3O3S. The van der Waals surface area contributed by atoms with Crippen LogP contribution in [0.15, 0.2) is 40.3 Å². The second-order valence-corrected chi connectivity index (χ2v) is 5.14. The van der Waals surface area contributed by atoms with Crippen molar-refractivity contribution in [2.75, 3.05) is 5.75 Å². The fourth-order valence-electron chi connectivity index (χ4n) is 1.55. The van der Waals surface area contributed by atoms with Gasteiger partial charge in [0.25, 0.3) is 5.56 Å². The quantitative estimate of drug-likeness (QED) is 0.779. The zero-order valence-electron chi connectivity index (χ0n) is 10.6. The van der Waals surface area contributed by atoms with Crippen LogP contribution in [0.4, 0.5) is 0 Å². The number of aromatic nitrogens is 3. The van der Waals surface area contributed by atoms with E-state index in [9.17, 15) is 9.59 Å². The number of aliphatic carboxylic acids is 1. The normalized spacial score (nSPS) is 10.4. The second-order valence-electron chi connectivity index (χ2n) is 4.06. The monoisotopic (exact) mass is 291 g/mol. The molecule has 104 valence electrons. The summed E-state index contributed by atoms with van der Waals surface area (Å²) in [6.07, 6.45) is 0.434. The molecule has 0 aliphatic heterocycles. The van der Waals surface area contributed by atoms with Gasteiger partial charge >= 0.3 is 5.97 Å². The van der Waals surface area contributed by atoms with E-state index in [0.717, 1.165) is 5.56 Å². The molecule has 2 rings (SSSR count). The average molecular weight is 291 g/mol. The molecular weight excluding hydrogens is 278 g/mol. The highest BCUT2D eigenvalue weighted by Gasteiger charge is 2.07. The van der Waals surface area contributed by atoms with Crippen molar-refractivity contribution in [1.29, 1.82) is 0 Å².